The van der Waals surface area contributed by atoms with Gasteiger partial charge in [0.05, 0.1) is 35.7 Å². The Morgan fingerprint density at radius 2 is 1.84 bits per heavy atom. The van der Waals surface area contributed by atoms with Crippen LogP contribution >= 0.6 is 11.6 Å². The van der Waals surface area contributed by atoms with E-state index in [4.69, 9.17) is 21.6 Å². The number of nitrogens with one attached hydrogen (secondary N) is 1. The summed E-state index contributed by atoms with van der Waals surface area (Å²) in [4.78, 5) is 26.1. The number of aromatic nitrogens is 2. The van der Waals surface area contributed by atoms with Gasteiger partial charge in [-0.2, -0.15) is 4.98 Å². The minimum atomic E-state index is -1.28. The summed E-state index contributed by atoms with van der Waals surface area (Å²) >= 11 is 6.06. The second-order valence-corrected chi connectivity index (χ2v) is 11.2. The van der Waals surface area contributed by atoms with Crippen molar-refractivity contribution in [3.05, 3.63) is 64.6 Å². The van der Waals surface area contributed by atoms with Gasteiger partial charge < -0.3 is 19.9 Å². The zero-order valence-corrected chi connectivity index (χ0v) is 22.7. The predicted molar refractivity (Wildman–Crippen MR) is 148 cm³/mol. The zero-order chi connectivity index (χ0) is 26.6. The van der Waals surface area contributed by atoms with Crippen LogP contribution in [-0.2, 0) is 33.2 Å². The smallest absolute Gasteiger partial charge is 0.309 e. The summed E-state index contributed by atoms with van der Waals surface area (Å²) in [5.41, 5.74) is 2.55. The number of nitrogens with zero attached hydrogens (tertiary/aromatic N) is 4. The highest BCUT2D eigenvalue weighted by Gasteiger charge is 2.27. The van der Waals surface area contributed by atoms with Crippen LogP contribution in [0.5, 0.6) is 0 Å². The molecule has 2 aliphatic heterocycles. The van der Waals surface area contributed by atoms with Crippen molar-refractivity contribution >= 4 is 51.5 Å². The molecule has 0 spiro atoms. The van der Waals surface area contributed by atoms with Gasteiger partial charge in [0.15, 0.2) is 5.82 Å². The molecule has 1 aromatic heterocycles. The van der Waals surface area contributed by atoms with Crippen LogP contribution in [0.15, 0.2) is 47.4 Å². The van der Waals surface area contributed by atoms with Crippen molar-refractivity contribution in [2.24, 2.45) is 0 Å². The van der Waals surface area contributed by atoms with Gasteiger partial charge in [0, 0.05) is 42.6 Å². The average molecular weight is 558 g/mol. The van der Waals surface area contributed by atoms with Gasteiger partial charge in [0.25, 0.3) is 0 Å². The lowest BCUT2D eigenvalue weighted by atomic mass is 10.1. The lowest BCUT2D eigenvalue weighted by Gasteiger charge is -2.26. The van der Waals surface area contributed by atoms with Gasteiger partial charge in [-0.25, -0.2) is 9.37 Å². The van der Waals surface area contributed by atoms with Crippen LogP contribution in [0.3, 0.4) is 0 Å². The topological polar surface area (TPSA) is 87.7 Å². The van der Waals surface area contributed by atoms with Gasteiger partial charge in [-0.05, 0) is 61.2 Å². The molecule has 11 heteroatoms. The third-order valence-corrected chi connectivity index (χ3v) is 8.52. The molecule has 0 unspecified atom stereocenters. The highest BCUT2D eigenvalue weighted by molar-refractivity contribution is 7.85. The summed E-state index contributed by atoms with van der Waals surface area (Å²) in [6.45, 7) is 3.15. The normalized spacial score (nSPS) is 17.5. The standard InChI is InChI=1S/C27H29ClFN5O3S/c1-37-24(35)17-18-5-10-22(21(29)16-18)30-26-25-23(4-2-15-38(25)36)31-27(32-26)34-12-3-11-33(13-14-34)20-8-6-19(28)7-9-20/h5-10,16H,2-4,11-15,17H2,1H3,(H,30,31,32)/t38-/m1/s1. The highest BCUT2D eigenvalue weighted by Crippen LogP contribution is 2.32. The largest absolute Gasteiger partial charge is 0.469 e. The van der Waals surface area contributed by atoms with Crippen LogP contribution in [0.25, 0.3) is 0 Å². The van der Waals surface area contributed by atoms with Crippen LogP contribution in [0.1, 0.15) is 24.1 Å². The fourth-order valence-electron chi connectivity index (χ4n) is 4.76. The molecule has 3 heterocycles. The van der Waals surface area contributed by atoms with Gasteiger partial charge in [0.2, 0.25) is 5.95 Å². The molecular weight excluding hydrogens is 529 g/mol. The zero-order valence-electron chi connectivity index (χ0n) is 21.1. The molecular formula is C27H29ClFN5O3S. The van der Waals surface area contributed by atoms with E-state index in [1.54, 1.807) is 12.1 Å². The molecule has 1 fully saturated rings. The lowest BCUT2D eigenvalue weighted by Crippen LogP contribution is -2.32. The fraction of sp³-hybridized carbons (Fsp3) is 0.370. The van der Waals surface area contributed by atoms with Gasteiger partial charge in [-0.3, -0.25) is 9.00 Å². The molecule has 2 aromatic carbocycles. The number of hydrogen-bond donors (Lipinski definition) is 1. The van der Waals surface area contributed by atoms with Crippen molar-refractivity contribution in [1.82, 2.24) is 9.97 Å². The molecule has 0 aliphatic carbocycles. The number of carbonyl (C=O) groups is 1. The summed E-state index contributed by atoms with van der Waals surface area (Å²) in [7, 11) is 0.0174. The van der Waals surface area contributed by atoms with Gasteiger partial charge in [0.1, 0.15) is 10.7 Å². The van der Waals surface area contributed by atoms with E-state index in [1.807, 2.05) is 24.3 Å². The Balaban J connectivity index is 1.41. The van der Waals surface area contributed by atoms with E-state index in [9.17, 15) is 13.4 Å². The van der Waals surface area contributed by atoms with Crippen molar-refractivity contribution in [1.29, 1.82) is 0 Å². The Morgan fingerprint density at radius 1 is 1.08 bits per heavy atom. The number of fused-ring (bicyclic) bond motifs is 1. The number of halogens is 2. The molecule has 0 radical (unpaired) electrons. The third kappa shape index (κ3) is 5.91. The number of carbonyl (C=O) groups excluding carboxylic acids is 1. The van der Waals surface area contributed by atoms with Crippen LogP contribution in [0.4, 0.5) is 27.5 Å². The van der Waals surface area contributed by atoms with Gasteiger partial charge in [-0.1, -0.05) is 17.7 Å². The van der Waals surface area contributed by atoms with Crippen LogP contribution < -0.4 is 15.1 Å². The minimum Gasteiger partial charge on any atom is -0.469 e. The summed E-state index contributed by atoms with van der Waals surface area (Å²) in [5, 5.41) is 3.78. The predicted octanol–water partition coefficient (Wildman–Crippen LogP) is 4.50. The Kier molecular flexibility index (Phi) is 8.09. The van der Waals surface area contributed by atoms with Crippen molar-refractivity contribution < 1.29 is 18.1 Å². The molecule has 1 atom stereocenters. The molecule has 3 aromatic rings. The highest BCUT2D eigenvalue weighted by atomic mass is 35.5. The van der Waals surface area contributed by atoms with Gasteiger partial charge in [-0.15, -0.1) is 0 Å². The van der Waals surface area contributed by atoms with Crippen molar-refractivity contribution in [2.75, 3.05) is 54.2 Å². The minimum absolute atomic E-state index is 0.0211. The van der Waals surface area contributed by atoms with E-state index in [0.717, 1.165) is 43.9 Å². The molecule has 5 rings (SSSR count). The Bertz CT molecular complexity index is 1360. The number of methoxy groups -OCH3 is 1. The van der Waals surface area contributed by atoms with E-state index < -0.39 is 22.6 Å². The van der Waals surface area contributed by atoms with E-state index in [0.29, 0.717) is 46.0 Å². The second kappa shape index (κ2) is 11.7. The molecule has 1 N–H and O–H groups in total. The summed E-state index contributed by atoms with van der Waals surface area (Å²) in [6, 6.07) is 12.4. The number of rotatable bonds is 6. The first-order chi connectivity index (χ1) is 18.4. The van der Waals surface area contributed by atoms with Crippen molar-refractivity contribution in [3.8, 4) is 0 Å². The van der Waals surface area contributed by atoms with E-state index in [1.165, 1.54) is 13.2 Å². The third-order valence-electron chi connectivity index (χ3n) is 6.73. The van der Waals surface area contributed by atoms with Crippen molar-refractivity contribution in [2.45, 2.75) is 30.6 Å². The number of hydrogen-bond acceptors (Lipinski definition) is 8. The van der Waals surface area contributed by atoms with Crippen LogP contribution in [0, 0.1) is 5.82 Å². The Morgan fingerprint density at radius 3 is 2.61 bits per heavy atom. The maximum Gasteiger partial charge on any atom is 0.309 e. The van der Waals surface area contributed by atoms with Gasteiger partial charge >= 0.3 is 5.97 Å². The summed E-state index contributed by atoms with van der Waals surface area (Å²) in [5.74, 6) is 0.453. The maximum atomic E-state index is 15.0. The first kappa shape index (κ1) is 26.4. The SMILES string of the molecule is COC(=O)Cc1ccc(Nc2nc(N3CCCN(c4ccc(Cl)cc4)CC3)nc3c2[S@](=O)CCC3)c(F)c1. The Hall–Kier alpha value is -3.24. The first-order valence-corrected chi connectivity index (χ1v) is 14.3. The maximum absolute atomic E-state index is 15.0. The molecule has 38 heavy (non-hydrogen) atoms. The van der Waals surface area contributed by atoms with E-state index >= 15 is 0 Å². The number of aryl methyl sites for hydroxylation is 1. The lowest BCUT2D eigenvalue weighted by molar-refractivity contribution is -0.139. The molecule has 200 valence electrons. The molecule has 1 saturated heterocycles. The molecule has 0 saturated carbocycles. The summed E-state index contributed by atoms with van der Waals surface area (Å²) in [6.07, 6.45) is 2.35. The molecule has 2 aliphatic rings. The van der Waals surface area contributed by atoms with Crippen LogP contribution in [-0.4, -0.2) is 59.2 Å². The quantitative estimate of drug-likeness (QED) is 0.443. The van der Waals surface area contributed by atoms with E-state index in [2.05, 4.69) is 19.9 Å². The number of ether oxygens (including phenoxy) is 1. The number of anilines is 4. The molecule has 0 bridgehead atoms. The average Bonchev–Trinajstić information content (AvgIpc) is 3.17. The fourth-order valence-corrected chi connectivity index (χ4v) is 6.21. The first-order valence-electron chi connectivity index (χ1n) is 12.6. The second-order valence-electron chi connectivity index (χ2n) is 9.30. The summed E-state index contributed by atoms with van der Waals surface area (Å²) < 4.78 is 32.6. The van der Waals surface area contributed by atoms with Crippen molar-refractivity contribution in [3.63, 3.8) is 0 Å². The Labute approximate surface area is 228 Å². The molecule has 8 nitrogen and oxygen atoms in total. The number of esters is 1. The number of benzene rings is 2. The van der Waals surface area contributed by atoms with E-state index in [-0.39, 0.29) is 12.1 Å². The van der Waals surface area contributed by atoms with Crippen LogP contribution in [0.2, 0.25) is 5.02 Å². The molecule has 0 amide bonds. The monoisotopic (exact) mass is 557 g/mol.